The normalized spacial score (nSPS) is 21.0. The van der Waals surface area contributed by atoms with E-state index in [1.807, 2.05) is 0 Å². The number of alkyl halides is 1. The average Bonchev–Trinajstić information content (AvgIpc) is 2.90. The van der Waals surface area contributed by atoms with Gasteiger partial charge >= 0.3 is 5.97 Å². The monoisotopic (exact) mass is 328 g/mol. The third-order valence-electron chi connectivity index (χ3n) is 3.92. The minimum absolute atomic E-state index is 0.246. The lowest BCUT2D eigenvalue weighted by atomic mass is 9.78. The van der Waals surface area contributed by atoms with Crippen LogP contribution in [0.3, 0.4) is 0 Å². The van der Waals surface area contributed by atoms with E-state index < -0.39 is 29.0 Å². The quantitative estimate of drug-likeness (QED) is 0.480. The molecule has 2 unspecified atom stereocenters. The molecule has 0 aromatic heterocycles. The lowest BCUT2D eigenvalue weighted by Crippen LogP contribution is -2.47. The topological polar surface area (TPSA) is 81.8 Å². The van der Waals surface area contributed by atoms with E-state index in [4.69, 9.17) is 0 Å². The van der Waals surface area contributed by atoms with Gasteiger partial charge in [0.05, 0.1) is 5.92 Å². The molecule has 1 aliphatic rings. The number of carbonyl (C=O) groups is 1. The van der Waals surface area contributed by atoms with E-state index in [2.05, 4.69) is 9.99 Å². The summed E-state index contributed by atoms with van der Waals surface area (Å²) in [7, 11) is 0. The van der Waals surface area contributed by atoms with E-state index in [-0.39, 0.29) is 5.71 Å². The number of nitro groups is 1. The number of rotatable bonds is 5. The van der Waals surface area contributed by atoms with Crippen LogP contribution in [0.4, 0.5) is 4.39 Å². The van der Waals surface area contributed by atoms with Crippen molar-refractivity contribution in [3.63, 3.8) is 0 Å². The summed E-state index contributed by atoms with van der Waals surface area (Å²) in [4.78, 5) is 27.1. The van der Waals surface area contributed by atoms with Crippen molar-refractivity contribution in [2.75, 3.05) is 6.54 Å². The summed E-state index contributed by atoms with van der Waals surface area (Å²) < 4.78 is 15.9. The average molecular weight is 328 g/mol. The van der Waals surface area contributed by atoms with Crippen LogP contribution in [0.15, 0.2) is 65.8 Å². The Bertz CT molecular complexity index is 795. The first kappa shape index (κ1) is 15.8. The van der Waals surface area contributed by atoms with Gasteiger partial charge in [0.25, 0.3) is 5.67 Å². The van der Waals surface area contributed by atoms with Gasteiger partial charge in [0, 0.05) is 10.5 Å². The van der Waals surface area contributed by atoms with Crippen LogP contribution in [-0.2, 0) is 9.63 Å². The zero-order chi connectivity index (χ0) is 17.2. The minimum atomic E-state index is -2.73. The molecule has 122 valence electrons. The summed E-state index contributed by atoms with van der Waals surface area (Å²) in [6.45, 7) is -0.762. The Labute approximate surface area is 136 Å². The number of nitrogens with zero attached hydrogens (tertiary/aromatic N) is 2. The zero-order valence-corrected chi connectivity index (χ0v) is 12.5. The van der Waals surface area contributed by atoms with Crippen molar-refractivity contribution in [1.82, 2.24) is 0 Å². The molecule has 2 atom stereocenters. The Morgan fingerprint density at radius 3 is 2.29 bits per heavy atom. The largest absolute Gasteiger partial charge is 0.379 e. The number of oxime groups is 1. The molecule has 1 aliphatic heterocycles. The number of carbonyl (C=O) groups excluding carboxylic acids is 1. The van der Waals surface area contributed by atoms with Crippen LogP contribution in [-0.4, -0.2) is 28.8 Å². The van der Waals surface area contributed by atoms with Crippen LogP contribution in [0, 0.1) is 10.1 Å². The summed E-state index contributed by atoms with van der Waals surface area (Å²) in [5, 5.41) is 14.6. The van der Waals surface area contributed by atoms with Gasteiger partial charge in [0.1, 0.15) is 5.71 Å². The van der Waals surface area contributed by atoms with Crippen molar-refractivity contribution in [2.45, 2.75) is 11.6 Å². The summed E-state index contributed by atoms with van der Waals surface area (Å²) in [5.41, 5.74) is -2.30. The predicted molar refractivity (Wildman–Crippen MR) is 84.0 cm³/mol. The first-order valence-electron chi connectivity index (χ1n) is 7.24. The van der Waals surface area contributed by atoms with E-state index in [0.717, 1.165) is 0 Å². The molecule has 24 heavy (non-hydrogen) atoms. The van der Waals surface area contributed by atoms with Gasteiger partial charge in [0.15, 0.2) is 0 Å². The SMILES string of the molecule is O=C1ON=C(c2ccccc2)C1(F)C(C[N+](=O)[O-])c1ccccc1. The highest BCUT2D eigenvalue weighted by atomic mass is 19.1. The molecule has 0 aliphatic carbocycles. The molecule has 0 amide bonds. The van der Waals surface area contributed by atoms with Gasteiger partial charge in [-0.15, -0.1) is 0 Å². The van der Waals surface area contributed by atoms with Crippen LogP contribution in [0.1, 0.15) is 17.0 Å². The summed E-state index contributed by atoms with van der Waals surface area (Å²) >= 11 is 0. The van der Waals surface area contributed by atoms with Crippen LogP contribution in [0.5, 0.6) is 0 Å². The fourth-order valence-electron chi connectivity index (χ4n) is 2.78. The third kappa shape index (κ3) is 2.64. The van der Waals surface area contributed by atoms with Crippen molar-refractivity contribution < 1.29 is 18.9 Å². The Balaban J connectivity index is 2.11. The third-order valence-corrected chi connectivity index (χ3v) is 3.92. The number of hydrogen-bond acceptors (Lipinski definition) is 5. The first-order valence-corrected chi connectivity index (χ1v) is 7.24. The van der Waals surface area contributed by atoms with Crippen LogP contribution in [0.25, 0.3) is 0 Å². The molecule has 7 heteroatoms. The molecule has 0 fully saturated rings. The Hall–Kier alpha value is -3.09. The molecule has 0 spiro atoms. The fourth-order valence-corrected chi connectivity index (χ4v) is 2.78. The predicted octanol–water partition coefficient (Wildman–Crippen LogP) is 2.72. The molecule has 1 heterocycles. The second kappa shape index (κ2) is 6.19. The molecular formula is C17H13FN2O4. The maximum atomic E-state index is 15.9. The standard InChI is InChI=1S/C17H13FN2O4/c18-17(14(11-20(22)23)12-7-3-1-4-8-12)15(19-24-16(17)21)13-9-5-2-6-10-13/h1-10,14H,11H2. The fraction of sp³-hybridized carbons (Fsp3) is 0.176. The summed E-state index contributed by atoms with van der Waals surface area (Å²) in [5.74, 6) is -2.58. The lowest BCUT2D eigenvalue weighted by Gasteiger charge is -2.25. The summed E-state index contributed by atoms with van der Waals surface area (Å²) in [6, 6.07) is 16.2. The second-order valence-corrected chi connectivity index (χ2v) is 5.38. The van der Waals surface area contributed by atoms with Gasteiger partial charge in [-0.1, -0.05) is 65.8 Å². The van der Waals surface area contributed by atoms with Gasteiger partial charge in [-0.2, -0.15) is 0 Å². The molecule has 3 rings (SSSR count). The smallest absolute Gasteiger partial charge is 0.314 e. The Morgan fingerprint density at radius 2 is 1.71 bits per heavy atom. The lowest BCUT2D eigenvalue weighted by molar-refractivity contribution is -0.485. The van der Waals surface area contributed by atoms with E-state index in [0.29, 0.717) is 11.1 Å². The molecule has 0 saturated heterocycles. The highest BCUT2D eigenvalue weighted by molar-refractivity contribution is 6.21. The van der Waals surface area contributed by atoms with Gasteiger partial charge in [-0.3, -0.25) is 10.1 Å². The highest BCUT2D eigenvalue weighted by Crippen LogP contribution is 2.40. The van der Waals surface area contributed by atoms with E-state index >= 15 is 4.39 Å². The maximum Gasteiger partial charge on any atom is 0.379 e. The number of halogens is 1. The Morgan fingerprint density at radius 1 is 1.12 bits per heavy atom. The van der Waals surface area contributed by atoms with Gasteiger partial charge in [0.2, 0.25) is 6.54 Å². The van der Waals surface area contributed by atoms with Crippen molar-refractivity contribution in [3.8, 4) is 0 Å². The van der Waals surface area contributed by atoms with Crippen molar-refractivity contribution in [2.24, 2.45) is 5.16 Å². The van der Waals surface area contributed by atoms with E-state index in [1.54, 1.807) is 60.7 Å². The molecule has 6 nitrogen and oxygen atoms in total. The van der Waals surface area contributed by atoms with Crippen molar-refractivity contribution >= 4 is 11.7 Å². The zero-order valence-electron chi connectivity index (χ0n) is 12.5. The molecule has 2 aromatic carbocycles. The van der Waals surface area contributed by atoms with Crippen molar-refractivity contribution in [3.05, 3.63) is 81.9 Å². The van der Waals surface area contributed by atoms with E-state index in [9.17, 15) is 14.9 Å². The van der Waals surface area contributed by atoms with Gasteiger partial charge in [-0.05, 0) is 5.56 Å². The van der Waals surface area contributed by atoms with Crippen molar-refractivity contribution in [1.29, 1.82) is 0 Å². The van der Waals surface area contributed by atoms with Crippen LogP contribution < -0.4 is 0 Å². The van der Waals surface area contributed by atoms with Gasteiger partial charge in [-0.25, -0.2) is 9.18 Å². The molecule has 0 radical (unpaired) electrons. The van der Waals surface area contributed by atoms with Gasteiger partial charge < -0.3 is 4.84 Å². The number of hydrogen-bond donors (Lipinski definition) is 0. The second-order valence-electron chi connectivity index (χ2n) is 5.38. The first-order chi connectivity index (χ1) is 11.5. The molecule has 0 bridgehead atoms. The molecular weight excluding hydrogens is 315 g/mol. The summed E-state index contributed by atoms with van der Waals surface area (Å²) in [6.07, 6.45) is 0. The maximum absolute atomic E-state index is 15.9. The van der Waals surface area contributed by atoms with E-state index in [1.165, 1.54) is 0 Å². The minimum Gasteiger partial charge on any atom is -0.314 e. The number of benzene rings is 2. The molecule has 0 saturated carbocycles. The van der Waals surface area contributed by atoms with Crippen LogP contribution in [0.2, 0.25) is 0 Å². The van der Waals surface area contributed by atoms with Crippen LogP contribution >= 0.6 is 0 Å². The molecule has 0 N–H and O–H groups in total. The molecule has 2 aromatic rings. The highest BCUT2D eigenvalue weighted by Gasteiger charge is 2.59. The Kier molecular flexibility index (Phi) is 4.07.